The summed E-state index contributed by atoms with van der Waals surface area (Å²) in [4.78, 5) is 9.28. The van der Waals surface area contributed by atoms with Crippen LogP contribution in [0.15, 0.2) is 60.8 Å². The maximum absolute atomic E-state index is 9.34. The molecular formula is C22H19N5O. The van der Waals surface area contributed by atoms with Crippen molar-refractivity contribution in [2.24, 2.45) is 0 Å². The largest absolute Gasteiger partial charge is 0.481 e. The van der Waals surface area contributed by atoms with Gasteiger partial charge in [-0.15, -0.1) is 0 Å². The summed E-state index contributed by atoms with van der Waals surface area (Å²) in [6.45, 7) is 2.57. The Bertz CT molecular complexity index is 1170. The lowest BCUT2D eigenvalue weighted by molar-refractivity contribution is 0.393. The van der Waals surface area contributed by atoms with Crippen LogP contribution in [0.2, 0.25) is 0 Å². The fraction of sp³-hybridized carbons (Fsp3) is 0.136. The van der Waals surface area contributed by atoms with Crippen molar-refractivity contribution in [2.45, 2.75) is 13.5 Å². The summed E-state index contributed by atoms with van der Waals surface area (Å²) in [5.41, 5.74) is 3.50. The van der Waals surface area contributed by atoms with Gasteiger partial charge in [0.05, 0.1) is 29.8 Å². The molecule has 0 bridgehead atoms. The first-order chi connectivity index (χ1) is 13.7. The number of hydrogen-bond donors (Lipinski definition) is 1. The van der Waals surface area contributed by atoms with Crippen molar-refractivity contribution in [3.8, 4) is 17.9 Å². The zero-order chi connectivity index (χ0) is 19.5. The number of benzene rings is 2. The molecule has 6 nitrogen and oxygen atoms in total. The number of anilines is 1. The highest BCUT2D eigenvalue weighted by Gasteiger charge is 2.15. The van der Waals surface area contributed by atoms with Crippen LogP contribution in [0.3, 0.4) is 0 Å². The summed E-state index contributed by atoms with van der Waals surface area (Å²) in [7, 11) is 1.60. The Kier molecular flexibility index (Phi) is 4.65. The molecule has 138 valence electrons. The number of rotatable bonds is 5. The van der Waals surface area contributed by atoms with Crippen LogP contribution in [0.4, 0.5) is 5.82 Å². The van der Waals surface area contributed by atoms with E-state index in [9.17, 15) is 5.26 Å². The summed E-state index contributed by atoms with van der Waals surface area (Å²) >= 11 is 0. The van der Waals surface area contributed by atoms with E-state index in [1.54, 1.807) is 13.2 Å². The Morgan fingerprint density at radius 2 is 1.89 bits per heavy atom. The molecule has 0 saturated heterocycles. The molecule has 2 heterocycles. The Hall–Kier alpha value is -3.85. The zero-order valence-electron chi connectivity index (χ0n) is 15.7. The van der Waals surface area contributed by atoms with E-state index >= 15 is 0 Å². The number of methoxy groups -OCH3 is 1. The molecule has 4 rings (SSSR count). The second-order valence-electron chi connectivity index (χ2n) is 6.38. The van der Waals surface area contributed by atoms with E-state index in [4.69, 9.17) is 9.72 Å². The maximum atomic E-state index is 9.34. The van der Waals surface area contributed by atoms with Gasteiger partial charge < -0.3 is 10.1 Å². The summed E-state index contributed by atoms with van der Waals surface area (Å²) in [6, 6.07) is 19.9. The van der Waals surface area contributed by atoms with Gasteiger partial charge in [0.25, 0.3) is 0 Å². The topological polar surface area (TPSA) is 75.8 Å². The van der Waals surface area contributed by atoms with Crippen LogP contribution in [-0.2, 0) is 6.54 Å². The second kappa shape index (κ2) is 7.41. The number of nitrogens with one attached hydrogen (secondary N) is 1. The molecule has 28 heavy (non-hydrogen) atoms. The second-order valence-corrected chi connectivity index (χ2v) is 6.38. The number of nitriles is 1. The predicted octanol–water partition coefficient (Wildman–Crippen LogP) is 4.22. The van der Waals surface area contributed by atoms with Gasteiger partial charge in [-0.1, -0.05) is 36.4 Å². The summed E-state index contributed by atoms with van der Waals surface area (Å²) < 4.78 is 7.34. The van der Waals surface area contributed by atoms with Crippen molar-refractivity contribution in [1.29, 1.82) is 5.26 Å². The quantitative estimate of drug-likeness (QED) is 0.570. The molecule has 0 amide bonds. The number of aromatic nitrogens is 3. The van der Waals surface area contributed by atoms with E-state index in [0.29, 0.717) is 29.8 Å². The van der Waals surface area contributed by atoms with Crippen molar-refractivity contribution in [2.75, 3.05) is 12.4 Å². The minimum absolute atomic E-state index is 0.489. The number of hydrogen-bond acceptors (Lipinski definition) is 5. The molecule has 0 radical (unpaired) electrons. The molecule has 0 saturated carbocycles. The van der Waals surface area contributed by atoms with Crippen molar-refractivity contribution in [3.63, 3.8) is 0 Å². The lowest BCUT2D eigenvalue weighted by atomic mass is 10.1. The van der Waals surface area contributed by atoms with E-state index in [2.05, 4.69) is 28.5 Å². The van der Waals surface area contributed by atoms with Gasteiger partial charge in [0, 0.05) is 18.1 Å². The number of nitrogens with zero attached hydrogens (tertiary/aromatic N) is 4. The lowest BCUT2D eigenvalue weighted by Crippen LogP contribution is -2.09. The third kappa shape index (κ3) is 3.14. The average molecular weight is 369 g/mol. The van der Waals surface area contributed by atoms with Gasteiger partial charge in [0.15, 0.2) is 0 Å². The van der Waals surface area contributed by atoms with Crippen molar-refractivity contribution < 1.29 is 4.74 Å². The average Bonchev–Trinajstić information content (AvgIpc) is 3.18. The van der Waals surface area contributed by atoms with Crippen LogP contribution in [0.25, 0.3) is 16.9 Å². The van der Waals surface area contributed by atoms with E-state index in [0.717, 1.165) is 22.0 Å². The van der Waals surface area contributed by atoms with Crippen molar-refractivity contribution in [3.05, 3.63) is 77.5 Å². The molecule has 2 aromatic heterocycles. The molecule has 0 atom stereocenters. The van der Waals surface area contributed by atoms with Gasteiger partial charge in [0.2, 0.25) is 11.8 Å². The van der Waals surface area contributed by atoms with E-state index in [-0.39, 0.29) is 0 Å². The lowest BCUT2D eigenvalue weighted by Gasteiger charge is -2.14. The smallest absolute Gasteiger partial charge is 0.239 e. The molecule has 1 N–H and O–H groups in total. The Morgan fingerprint density at radius 3 is 2.64 bits per heavy atom. The minimum Gasteiger partial charge on any atom is -0.481 e. The van der Waals surface area contributed by atoms with Crippen LogP contribution in [0.1, 0.15) is 16.7 Å². The van der Waals surface area contributed by atoms with E-state index in [1.807, 2.05) is 54.1 Å². The third-order valence-electron chi connectivity index (χ3n) is 4.65. The molecular weight excluding hydrogens is 350 g/mol. The SMILES string of the molecule is COc1nc(-n2ccc3c(C#N)cccc32)nc(NCc2ccccc2)c1C. The van der Waals surface area contributed by atoms with Gasteiger partial charge in [-0.25, -0.2) is 0 Å². The van der Waals surface area contributed by atoms with Crippen molar-refractivity contribution >= 4 is 16.7 Å². The number of fused-ring (bicyclic) bond motifs is 1. The third-order valence-corrected chi connectivity index (χ3v) is 4.65. The fourth-order valence-corrected chi connectivity index (χ4v) is 3.18. The van der Waals surface area contributed by atoms with Gasteiger partial charge >= 0.3 is 0 Å². The standard InChI is InChI=1S/C22H19N5O/c1-15-20(24-14-16-7-4-3-5-8-16)25-22(26-21(15)28-2)27-12-11-18-17(13-23)9-6-10-19(18)27/h3-12H,14H2,1-2H3,(H,24,25,26). The van der Waals surface area contributed by atoms with Crippen LogP contribution < -0.4 is 10.1 Å². The van der Waals surface area contributed by atoms with Crippen LogP contribution in [-0.4, -0.2) is 21.6 Å². The predicted molar refractivity (Wildman–Crippen MR) is 109 cm³/mol. The summed E-state index contributed by atoms with van der Waals surface area (Å²) in [6.07, 6.45) is 1.87. The van der Waals surface area contributed by atoms with E-state index < -0.39 is 0 Å². The summed E-state index contributed by atoms with van der Waals surface area (Å²) in [5.74, 6) is 1.71. The molecule has 2 aromatic carbocycles. The normalized spacial score (nSPS) is 10.6. The molecule has 0 aliphatic carbocycles. The Balaban J connectivity index is 1.77. The molecule has 4 aromatic rings. The van der Waals surface area contributed by atoms with Crippen LogP contribution >= 0.6 is 0 Å². The van der Waals surface area contributed by atoms with Gasteiger partial charge in [0.1, 0.15) is 5.82 Å². The maximum Gasteiger partial charge on any atom is 0.239 e. The molecule has 0 aliphatic rings. The van der Waals surface area contributed by atoms with Gasteiger partial charge in [-0.2, -0.15) is 15.2 Å². The molecule has 6 heteroatoms. The zero-order valence-corrected chi connectivity index (χ0v) is 15.7. The molecule has 0 unspecified atom stereocenters. The van der Waals surface area contributed by atoms with Crippen LogP contribution in [0.5, 0.6) is 5.88 Å². The fourth-order valence-electron chi connectivity index (χ4n) is 3.18. The highest BCUT2D eigenvalue weighted by molar-refractivity contribution is 5.87. The molecule has 0 spiro atoms. The molecule has 0 fully saturated rings. The van der Waals surface area contributed by atoms with Gasteiger partial charge in [-0.05, 0) is 30.7 Å². The first kappa shape index (κ1) is 17.6. The first-order valence-corrected chi connectivity index (χ1v) is 8.92. The van der Waals surface area contributed by atoms with Gasteiger partial charge in [-0.3, -0.25) is 4.57 Å². The highest BCUT2D eigenvalue weighted by atomic mass is 16.5. The Labute approximate surface area is 163 Å². The highest BCUT2D eigenvalue weighted by Crippen LogP contribution is 2.27. The monoisotopic (exact) mass is 369 g/mol. The first-order valence-electron chi connectivity index (χ1n) is 8.92. The van der Waals surface area contributed by atoms with Crippen molar-refractivity contribution in [1.82, 2.24) is 14.5 Å². The molecule has 0 aliphatic heterocycles. The van der Waals surface area contributed by atoms with E-state index in [1.165, 1.54) is 0 Å². The summed E-state index contributed by atoms with van der Waals surface area (Å²) in [5, 5.41) is 13.6. The van der Waals surface area contributed by atoms with Crippen LogP contribution in [0, 0.1) is 18.3 Å². The number of ether oxygens (including phenoxy) is 1. The minimum atomic E-state index is 0.489. The Morgan fingerprint density at radius 1 is 1.07 bits per heavy atom.